The molecular formula is C15H9ClO4S. The van der Waals surface area contributed by atoms with E-state index in [1.54, 1.807) is 36.4 Å². The molecule has 0 atom stereocenters. The van der Waals surface area contributed by atoms with E-state index in [1.165, 1.54) is 18.2 Å². The van der Waals surface area contributed by atoms with Crippen molar-refractivity contribution in [1.82, 2.24) is 0 Å². The van der Waals surface area contributed by atoms with Crippen LogP contribution in [-0.4, -0.2) is 8.42 Å². The third-order valence-electron chi connectivity index (χ3n) is 3.03. The first kappa shape index (κ1) is 13.9. The summed E-state index contributed by atoms with van der Waals surface area (Å²) in [4.78, 5) is 12.0. The van der Waals surface area contributed by atoms with E-state index in [2.05, 4.69) is 0 Å². The van der Waals surface area contributed by atoms with Crippen LogP contribution in [-0.2, 0) is 9.05 Å². The van der Waals surface area contributed by atoms with Crippen molar-refractivity contribution in [2.24, 2.45) is 0 Å². The van der Waals surface area contributed by atoms with Gasteiger partial charge >= 0.3 is 0 Å². The summed E-state index contributed by atoms with van der Waals surface area (Å²) in [7, 11) is 1.49. The van der Waals surface area contributed by atoms with Crippen molar-refractivity contribution in [2.75, 3.05) is 0 Å². The molecule has 4 nitrogen and oxygen atoms in total. The third-order valence-corrected chi connectivity index (χ3v) is 4.39. The number of rotatable bonds is 2. The second-order valence-corrected chi connectivity index (χ2v) is 7.00. The average Bonchev–Trinajstić information content (AvgIpc) is 2.46. The van der Waals surface area contributed by atoms with Crippen LogP contribution in [0.2, 0.25) is 0 Å². The van der Waals surface area contributed by atoms with Crippen molar-refractivity contribution in [3.05, 3.63) is 64.8 Å². The van der Waals surface area contributed by atoms with Gasteiger partial charge in [-0.1, -0.05) is 24.3 Å². The predicted octanol–water partition coefficient (Wildman–Crippen LogP) is 3.39. The lowest BCUT2D eigenvalue weighted by molar-refractivity contribution is 0.609. The summed E-state index contributed by atoms with van der Waals surface area (Å²) >= 11 is 0. The molecule has 106 valence electrons. The maximum atomic E-state index is 12.1. The second-order valence-electron chi connectivity index (χ2n) is 4.44. The van der Waals surface area contributed by atoms with E-state index < -0.39 is 9.05 Å². The quantitative estimate of drug-likeness (QED) is 0.679. The molecule has 1 aromatic heterocycles. The smallest absolute Gasteiger partial charge is 0.261 e. The number of para-hydroxylation sites is 1. The normalized spacial score (nSPS) is 11.7. The number of benzene rings is 2. The van der Waals surface area contributed by atoms with Gasteiger partial charge in [0, 0.05) is 22.3 Å². The minimum atomic E-state index is -3.83. The summed E-state index contributed by atoms with van der Waals surface area (Å²) in [6, 6.07) is 14.1. The van der Waals surface area contributed by atoms with Gasteiger partial charge in [-0.15, -0.1) is 0 Å². The predicted molar refractivity (Wildman–Crippen MR) is 81.0 cm³/mol. The van der Waals surface area contributed by atoms with Crippen LogP contribution in [0, 0.1) is 0 Å². The molecule has 2 aromatic carbocycles. The first-order valence-electron chi connectivity index (χ1n) is 6.03. The molecule has 0 saturated heterocycles. The molecule has 0 N–H and O–H groups in total. The Labute approximate surface area is 125 Å². The Morgan fingerprint density at radius 2 is 1.71 bits per heavy atom. The van der Waals surface area contributed by atoms with E-state index in [0.717, 1.165) is 0 Å². The molecule has 3 rings (SSSR count). The molecule has 0 aliphatic heterocycles. The van der Waals surface area contributed by atoms with Crippen LogP contribution in [0.3, 0.4) is 0 Å². The Balaban J connectivity index is 2.24. The molecule has 3 aromatic rings. The van der Waals surface area contributed by atoms with Gasteiger partial charge in [0.25, 0.3) is 9.05 Å². The Morgan fingerprint density at radius 1 is 0.952 bits per heavy atom. The number of hydrogen-bond donors (Lipinski definition) is 0. The maximum Gasteiger partial charge on any atom is 0.261 e. The van der Waals surface area contributed by atoms with Crippen LogP contribution in [0.4, 0.5) is 0 Å². The molecule has 0 unspecified atom stereocenters. The Kier molecular flexibility index (Phi) is 3.31. The highest BCUT2D eigenvalue weighted by molar-refractivity contribution is 8.13. The van der Waals surface area contributed by atoms with Crippen LogP contribution < -0.4 is 5.43 Å². The molecule has 6 heteroatoms. The molecule has 21 heavy (non-hydrogen) atoms. The van der Waals surface area contributed by atoms with Gasteiger partial charge in [0.05, 0.1) is 10.3 Å². The van der Waals surface area contributed by atoms with Gasteiger partial charge in [-0.3, -0.25) is 4.79 Å². The number of halogens is 1. The first-order chi connectivity index (χ1) is 9.95. The lowest BCUT2D eigenvalue weighted by Crippen LogP contribution is -2.00. The van der Waals surface area contributed by atoms with Crippen molar-refractivity contribution in [3.63, 3.8) is 0 Å². The number of hydrogen-bond acceptors (Lipinski definition) is 4. The van der Waals surface area contributed by atoms with Crippen molar-refractivity contribution in [2.45, 2.75) is 4.90 Å². The summed E-state index contributed by atoms with van der Waals surface area (Å²) in [5, 5.41) is 0.474. The third kappa shape index (κ3) is 2.70. The Morgan fingerprint density at radius 3 is 2.48 bits per heavy atom. The second kappa shape index (κ2) is 5.02. The van der Waals surface area contributed by atoms with E-state index in [0.29, 0.717) is 22.3 Å². The Hall–Kier alpha value is -2.11. The van der Waals surface area contributed by atoms with Crippen molar-refractivity contribution >= 4 is 30.7 Å². The molecule has 0 amide bonds. The highest BCUT2D eigenvalue weighted by Gasteiger charge is 2.12. The fourth-order valence-corrected chi connectivity index (χ4v) is 2.84. The van der Waals surface area contributed by atoms with E-state index in [1.807, 2.05) is 0 Å². The molecule has 0 aliphatic rings. The largest absolute Gasteiger partial charge is 0.456 e. The molecule has 0 radical (unpaired) electrons. The van der Waals surface area contributed by atoms with Gasteiger partial charge in [0.15, 0.2) is 5.43 Å². The first-order valence-corrected chi connectivity index (χ1v) is 8.34. The maximum absolute atomic E-state index is 12.1. The minimum Gasteiger partial charge on any atom is -0.456 e. The van der Waals surface area contributed by atoms with Gasteiger partial charge in [0.2, 0.25) is 0 Å². The summed E-state index contributed by atoms with van der Waals surface area (Å²) in [5.41, 5.74) is 0.727. The molecular weight excluding hydrogens is 312 g/mol. The van der Waals surface area contributed by atoms with Crippen LogP contribution in [0.1, 0.15) is 0 Å². The lowest BCUT2D eigenvalue weighted by atomic mass is 10.1. The van der Waals surface area contributed by atoms with Crippen LogP contribution in [0.5, 0.6) is 0 Å². The summed E-state index contributed by atoms with van der Waals surface area (Å²) in [5.74, 6) is 0.292. The zero-order valence-corrected chi connectivity index (χ0v) is 12.2. The van der Waals surface area contributed by atoms with Gasteiger partial charge in [-0.05, 0) is 24.3 Å². The van der Waals surface area contributed by atoms with Crippen molar-refractivity contribution in [3.8, 4) is 11.3 Å². The standard InChI is InChI=1S/C15H9ClO4S/c16-21(18,19)11-5-3-4-10(8-11)15-9-13(17)12-6-1-2-7-14(12)20-15/h1-9H. The summed E-state index contributed by atoms with van der Waals surface area (Å²) in [6.45, 7) is 0. The molecule has 0 aliphatic carbocycles. The fraction of sp³-hybridized carbons (Fsp3) is 0. The minimum absolute atomic E-state index is 0.0440. The van der Waals surface area contributed by atoms with E-state index in [9.17, 15) is 13.2 Å². The highest BCUT2D eigenvalue weighted by Crippen LogP contribution is 2.25. The lowest BCUT2D eigenvalue weighted by Gasteiger charge is -2.04. The van der Waals surface area contributed by atoms with E-state index in [-0.39, 0.29) is 10.3 Å². The van der Waals surface area contributed by atoms with Crippen molar-refractivity contribution in [1.29, 1.82) is 0 Å². The van der Waals surface area contributed by atoms with Gasteiger partial charge in [-0.25, -0.2) is 8.42 Å². The Bertz CT molecular complexity index is 990. The zero-order chi connectivity index (χ0) is 15.0. The van der Waals surface area contributed by atoms with Crippen LogP contribution in [0.25, 0.3) is 22.3 Å². The molecule has 0 bridgehead atoms. The van der Waals surface area contributed by atoms with Gasteiger partial charge in [0.1, 0.15) is 11.3 Å². The van der Waals surface area contributed by atoms with Gasteiger partial charge in [-0.2, -0.15) is 0 Å². The number of fused-ring (bicyclic) bond motifs is 1. The molecule has 0 fully saturated rings. The van der Waals surface area contributed by atoms with E-state index in [4.69, 9.17) is 15.1 Å². The monoisotopic (exact) mass is 320 g/mol. The highest BCUT2D eigenvalue weighted by atomic mass is 35.7. The SMILES string of the molecule is O=c1cc(-c2cccc(S(=O)(=O)Cl)c2)oc2ccccc12. The van der Waals surface area contributed by atoms with Crippen molar-refractivity contribution < 1.29 is 12.8 Å². The summed E-state index contributed by atoms with van der Waals surface area (Å²) in [6.07, 6.45) is 0. The molecule has 0 saturated carbocycles. The topological polar surface area (TPSA) is 64.3 Å². The average molecular weight is 321 g/mol. The fourth-order valence-electron chi connectivity index (χ4n) is 2.05. The van der Waals surface area contributed by atoms with Gasteiger partial charge < -0.3 is 4.42 Å². The molecule has 1 heterocycles. The van der Waals surface area contributed by atoms with E-state index >= 15 is 0 Å². The molecule has 0 spiro atoms. The summed E-state index contributed by atoms with van der Waals surface area (Å²) < 4.78 is 28.4. The van der Waals surface area contributed by atoms with Crippen LogP contribution in [0.15, 0.2) is 68.7 Å². The van der Waals surface area contributed by atoms with Crippen LogP contribution >= 0.6 is 10.7 Å². The zero-order valence-electron chi connectivity index (χ0n) is 10.6.